The summed E-state index contributed by atoms with van der Waals surface area (Å²) in [4.78, 5) is 39.1. The Kier molecular flexibility index (Phi) is 3.26. The lowest BCUT2D eigenvalue weighted by Gasteiger charge is -2.63. The monoisotopic (exact) mass is 430 g/mol. The molecule has 0 amide bonds. The van der Waals surface area contributed by atoms with Crippen LogP contribution in [0, 0.1) is 17.3 Å². The SMILES string of the molecule is CC(=O)O[C@H]1C2=C(C(=O)[C@@H]3O[C@@H]31)[C@H]1C(C)O[C@@H]2[C@@]23C(=O)[C@@H]4O[C@@H]4[C@@H](O)C2=CO[C@H](C)[C@@H]13. The van der Waals surface area contributed by atoms with Crippen LogP contribution in [0.25, 0.3) is 0 Å². The van der Waals surface area contributed by atoms with Crippen molar-refractivity contribution in [3.63, 3.8) is 0 Å². The van der Waals surface area contributed by atoms with E-state index in [1.807, 2.05) is 13.8 Å². The average Bonchev–Trinajstić information content (AvgIpc) is 3.62. The minimum absolute atomic E-state index is 0.129. The van der Waals surface area contributed by atoms with E-state index in [-0.39, 0.29) is 23.8 Å². The molecule has 5 aliphatic heterocycles. The molecular formula is C22H22O9. The summed E-state index contributed by atoms with van der Waals surface area (Å²) in [7, 11) is 0. The van der Waals surface area contributed by atoms with Gasteiger partial charge in [0.05, 0.1) is 23.9 Å². The molecule has 3 saturated heterocycles. The van der Waals surface area contributed by atoms with E-state index in [0.29, 0.717) is 16.7 Å². The van der Waals surface area contributed by atoms with Crippen molar-refractivity contribution in [3.8, 4) is 0 Å². The summed E-state index contributed by atoms with van der Waals surface area (Å²) >= 11 is 0. The van der Waals surface area contributed by atoms with Crippen molar-refractivity contribution in [2.45, 2.75) is 75.7 Å². The first-order valence-electron chi connectivity index (χ1n) is 10.8. The Hall–Kier alpha value is -2.07. The fourth-order valence-electron chi connectivity index (χ4n) is 7.14. The molecule has 2 bridgehead atoms. The van der Waals surface area contributed by atoms with E-state index in [0.717, 1.165) is 0 Å². The van der Waals surface area contributed by atoms with Crippen molar-refractivity contribution in [1.29, 1.82) is 0 Å². The number of esters is 1. The van der Waals surface area contributed by atoms with Crippen LogP contribution in [0.15, 0.2) is 23.0 Å². The van der Waals surface area contributed by atoms with Crippen LogP contribution < -0.4 is 0 Å². The second-order valence-corrected chi connectivity index (χ2v) is 9.67. The summed E-state index contributed by atoms with van der Waals surface area (Å²) in [6, 6.07) is 0. The van der Waals surface area contributed by atoms with Gasteiger partial charge in [0.15, 0.2) is 23.8 Å². The molecule has 1 spiro atoms. The van der Waals surface area contributed by atoms with Gasteiger partial charge in [0.1, 0.15) is 30.5 Å². The first-order chi connectivity index (χ1) is 14.8. The van der Waals surface area contributed by atoms with Gasteiger partial charge in [-0.1, -0.05) is 0 Å². The highest BCUT2D eigenvalue weighted by Gasteiger charge is 2.79. The Bertz CT molecular complexity index is 1030. The van der Waals surface area contributed by atoms with Crippen LogP contribution in [-0.4, -0.2) is 77.6 Å². The number of aliphatic hydroxyl groups excluding tert-OH is 1. The maximum Gasteiger partial charge on any atom is 0.303 e. The van der Waals surface area contributed by atoms with Crippen molar-refractivity contribution in [2.24, 2.45) is 17.3 Å². The predicted molar refractivity (Wildman–Crippen MR) is 98.3 cm³/mol. The Morgan fingerprint density at radius 3 is 2.58 bits per heavy atom. The number of Topliss-reactive ketones (excluding diaryl/α,β-unsaturated/α-hetero) is 2. The van der Waals surface area contributed by atoms with Gasteiger partial charge < -0.3 is 28.8 Å². The van der Waals surface area contributed by atoms with Gasteiger partial charge in [0.2, 0.25) is 0 Å². The number of hydrogen-bond donors (Lipinski definition) is 1. The molecule has 5 heterocycles. The third-order valence-electron chi connectivity index (χ3n) is 8.27. The summed E-state index contributed by atoms with van der Waals surface area (Å²) in [6.07, 6.45) is -4.44. The summed E-state index contributed by atoms with van der Waals surface area (Å²) in [5.74, 6) is -1.65. The molecule has 164 valence electrons. The normalized spacial score (nSPS) is 55.1. The van der Waals surface area contributed by atoms with E-state index in [4.69, 9.17) is 23.7 Å². The van der Waals surface area contributed by atoms with Gasteiger partial charge in [-0.25, -0.2) is 0 Å². The lowest BCUT2D eigenvalue weighted by atomic mass is 9.45. The summed E-state index contributed by atoms with van der Waals surface area (Å²) < 4.78 is 29.1. The second-order valence-electron chi connectivity index (χ2n) is 9.67. The Balaban J connectivity index is 1.50. The number of rotatable bonds is 1. The number of aliphatic hydroxyl groups is 1. The van der Waals surface area contributed by atoms with Crippen LogP contribution >= 0.6 is 0 Å². The topological polar surface area (TPSA) is 124 Å². The fourth-order valence-corrected chi connectivity index (χ4v) is 7.14. The highest BCUT2D eigenvalue weighted by atomic mass is 16.6. The van der Waals surface area contributed by atoms with Gasteiger partial charge in [-0.15, -0.1) is 0 Å². The number of ketones is 2. The van der Waals surface area contributed by atoms with Gasteiger partial charge in [-0.3, -0.25) is 14.4 Å². The van der Waals surface area contributed by atoms with E-state index >= 15 is 0 Å². The minimum Gasteiger partial charge on any atom is -0.498 e. The number of fused-ring (bicyclic) bond motifs is 3. The van der Waals surface area contributed by atoms with Crippen LogP contribution in [0.2, 0.25) is 0 Å². The molecule has 0 aromatic rings. The molecule has 0 radical (unpaired) electrons. The lowest BCUT2D eigenvalue weighted by Crippen LogP contribution is -2.72. The molecule has 0 aromatic heterocycles. The van der Waals surface area contributed by atoms with Crippen molar-refractivity contribution >= 4 is 17.5 Å². The van der Waals surface area contributed by atoms with Gasteiger partial charge in [-0.2, -0.15) is 0 Å². The third kappa shape index (κ3) is 1.92. The molecule has 8 aliphatic rings. The highest BCUT2D eigenvalue weighted by Crippen LogP contribution is 2.68. The molecule has 9 nitrogen and oxygen atoms in total. The number of epoxide rings is 2. The van der Waals surface area contributed by atoms with Gasteiger partial charge >= 0.3 is 5.97 Å². The lowest BCUT2D eigenvalue weighted by molar-refractivity contribution is -0.211. The van der Waals surface area contributed by atoms with Crippen LogP contribution in [0.5, 0.6) is 0 Å². The maximum absolute atomic E-state index is 13.9. The quantitative estimate of drug-likeness (QED) is 0.437. The van der Waals surface area contributed by atoms with Crippen molar-refractivity contribution in [3.05, 3.63) is 23.0 Å². The minimum atomic E-state index is -1.23. The third-order valence-corrected chi connectivity index (χ3v) is 8.27. The smallest absolute Gasteiger partial charge is 0.303 e. The van der Waals surface area contributed by atoms with Crippen molar-refractivity contribution in [2.75, 3.05) is 0 Å². The second kappa shape index (κ2) is 5.46. The molecule has 9 heteroatoms. The van der Waals surface area contributed by atoms with E-state index in [2.05, 4.69) is 0 Å². The van der Waals surface area contributed by atoms with E-state index < -0.39 is 65.9 Å². The molecular weight excluding hydrogens is 408 g/mol. The van der Waals surface area contributed by atoms with E-state index in [1.54, 1.807) is 0 Å². The van der Waals surface area contributed by atoms with E-state index in [1.165, 1.54) is 13.2 Å². The zero-order chi connectivity index (χ0) is 21.6. The molecule has 12 atom stereocenters. The molecule has 3 aliphatic carbocycles. The van der Waals surface area contributed by atoms with Gasteiger partial charge in [0.25, 0.3) is 0 Å². The largest absolute Gasteiger partial charge is 0.498 e. The van der Waals surface area contributed by atoms with Crippen LogP contribution in [0.1, 0.15) is 20.8 Å². The molecule has 8 rings (SSSR count). The molecule has 4 fully saturated rings. The fraction of sp³-hybridized carbons (Fsp3) is 0.682. The number of carbonyl (C=O) groups is 3. The number of ether oxygens (including phenoxy) is 5. The summed E-state index contributed by atoms with van der Waals surface area (Å²) in [5, 5.41) is 11.0. The first-order valence-corrected chi connectivity index (χ1v) is 10.8. The Morgan fingerprint density at radius 2 is 1.84 bits per heavy atom. The molecule has 1 N–H and O–H groups in total. The maximum atomic E-state index is 13.9. The summed E-state index contributed by atoms with van der Waals surface area (Å²) in [6.45, 7) is 5.06. The zero-order valence-electron chi connectivity index (χ0n) is 17.1. The van der Waals surface area contributed by atoms with Crippen molar-refractivity contribution in [1.82, 2.24) is 0 Å². The predicted octanol–water partition coefficient (Wildman–Crippen LogP) is -0.402. The number of hydrogen-bond acceptors (Lipinski definition) is 9. The van der Waals surface area contributed by atoms with Gasteiger partial charge in [0, 0.05) is 35.5 Å². The summed E-state index contributed by atoms with van der Waals surface area (Å²) in [5.41, 5.74) is 0.256. The molecule has 31 heavy (non-hydrogen) atoms. The standard InChI is InChI=1S/C22H22O9/c1-5-9-10-11(15(29-7(3)23)18-17(30-18)14(10)25)21(28-5)22-8(4-27-6(2)12(9)22)13(24)16-19(31-16)20(22)26/h4-6,9,12-13,15-19,21,24H,1-3H3/t5?,6-,9-,12+,13+,15+,16-,17+,18-,19-,21+,22+/m1/s1. The Morgan fingerprint density at radius 1 is 1.10 bits per heavy atom. The Labute approximate surface area is 177 Å². The highest BCUT2D eigenvalue weighted by molar-refractivity contribution is 6.06. The van der Waals surface area contributed by atoms with Crippen molar-refractivity contribution < 1.29 is 43.2 Å². The average molecular weight is 430 g/mol. The van der Waals surface area contributed by atoms with Crippen LogP contribution in [-0.2, 0) is 38.1 Å². The first kappa shape index (κ1) is 18.5. The molecule has 1 saturated carbocycles. The van der Waals surface area contributed by atoms with Gasteiger partial charge in [-0.05, 0) is 13.8 Å². The van der Waals surface area contributed by atoms with E-state index in [9.17, 15) is 19.5 Å². The van der Waals surface area contributed by atoms with Crippen LogP contribution in [0.4, 0.5) is 0 Å². The van der Waals surface area contributed by atoms with Crippen LogP contribution in [0.3, 0.4) is 0 Å². The number of carbonyl (C=O) groups excluding carboxylic acids is 3. The zero-order valence-corrected chi connectivity index (χ0v) is 17.1. The molecule has 1 unspecified atom stereocenters. The molecule has 0 aromatic carbocycles.